The van der Waals surface area contributed by atoms with Gasteiger partial charge in [-0.05, 0) is 30.7 Å². The molecule has 1 aromatic heterocycles. The Balaban J connectivity index is 2.23. The fraction of sp³-hybridized carbons (Fsp3) is 0.200. The second-order valence-corrected chi connectivity index (χ2v) is 5.55. The third-order valence-corrected chi connectivity index (χ3v) is 3.46. The topological polar surface area (TPSA) is 77.1 Å². The Labute approximate surface area is 130 Å². The van der Waals surface area contributed by atoms with Crippen LogP contribution in [0.25, 0.3) is 0 Å². The monoisotopic (exact) mass is 349 g/mol. The lowest BCUT2D eigenvalue weighted by atomic mass is 10.1. The molecular formula is C15H16BrN3O2. The summed E-state index contributed by atoms with van der Waals surface area (Å²) in [5.74, 6) is -0.304. The van der Waals surface area contributed by atoms with E-state index >= 15 is 0 Å². The highest BCUT2D eigenvalue weighted by molar-refractivity contribution is 9.10. The van der Waals surface area contributed by atoms with E-state index in [1.165, 1.54) is 6.07 Å². The predicted octanol–water partition coefficient (Wildman–Crippen LogP) is 2.86. The van der Waals surface area contributed by atoms with Crippen LogP contribution in [0.2, 0.25) is 0 Å². The molecule has 2 rings (SSSR count). The summed E-state index contributed by atoms with van der Waals surface area (Å²) in [6, 6.07) is 8.10. The van der Waals surface area contributed by atoms with Crippen molar-refractivity contribution < 1.29 is 4.79 Å². The smallest absolute Gasteiger partial charge is 0.257 e. The van der Waals surface area contributed by atoms with Crippen LogP contribution in [-0.4, -0.2) is 10.5 Å². The molecule has 1 heterocycles. The highest BCUT2D eigenvalue weighted by Gasteiger charge is 2.10. The molecule has 0 bridgehead atoms. The molecule has 6 heteroatoms. The molecule has 1 aromatic carbocycles. The van der Waals surface area contributed by atoms with Crippen molar-refractivity contribution >= 4 is 33.2 Å². The van der Waals surface area contributed by atoms with Gasteiger partial charge in [0.05, 0.1) is 11.3 Å². The van der Waals surface area contributed by atoms with Gasteiger partial charge in [0.2, 0.25) is 0 Å². The van der Waals surface area contributed by atoms with Gasteiger partial charge in [0.25, 0.3) is 11.5 Å². The van der Waals surface area contributed by atoms with Crippen LogP contribution >= 0.6 is 15.9 Å². The van der Waals surface area contributed by atoms with Crippen molar-refractivity contribution in [3.05, 3.63) is 56.9 Å². The number of nitrogens with one attached hydrogen (secondary N) is 1. The van der Waals surface area contributed by atoms with Crippen LogP contribution in [-0.2, 0) is 6.54 Å². The number of amides is 1. The minimum atomic E-state index is -0.304. The number of halogens is 1. The molecule has 1 amide bonds. The molecule has 3 N–H and O–H groups in total. The number of aryl methyl sites for hydroxylation is 1. The molecule has 21 heavy (non-hydrogen) atoms. The number of nitrogen functional groups attached to an aromatic ring is 1. The van der Waals surface area contributed by atoms with E-state index in [4.69, 9.17) is 5.73 Å². The van der Waals surface area contributed by atoms with Crippen LogP contribution in [0.3, 0.4) is 0 Å². The number of hydrogen-bond donors (Lipinski definition) is 2. The summed E-state index contributed by atoms with van der Waals surface area (Å²) in [5, 5.41) is 2.75. The summed E-state index contributed by atoms with van der Waals surface area (Å²) >= 11 is 3.30. The molecule has 5 nitrogen and oxygen atoms in total. The first-order valence-electron chi connectivity index (χ1n) is 6.58. The highest BCUT2D eigenvalue weighted by atomic mass is 79.9. The van der Waals surface area contributed by atoms with Crippen molar-refractivity contribution in [3.63, 3.8) is 0 Å². The zero-order valence-corrected chi connectivity index (χ0v) is 13.2. The number of rotatable bonds is 4. The summed E-state index contributed by atoms with van der Waals surface area (Å²) in [6.45, 7) is 2.60. The van der Waals surface area contributed by atoms with Crippen LogP contribution in [0.15, 0.2) is 45.8 Å². The quantitative estimate of drug-likeness (QED) is 0.833. The van der Waals surface area contributed by atoms with Gasteiger partial charge in [-0.1, -0.05) is 22.9 Å². The summed E-state index contributed by atoms with van der Waals surface area (Å²) in [6.07, 6.45) is 2.48. The van der Waals surface area contributed by atoms with Gasteiger partial charge in [0.1, 0.15) is 0 Å². The van der Waals surface area contributed by atoms with Crippen molar-refractivity contribution in [1.82, 2.24) is 4.57 Å². The minimum absolute atomic E-state index is 0.0852. The largest absolute Gasteiger partial charge is 0.398 e. The molecule has 0 fully saturated rings. The molecule has 0 atom stereocenters. The first kappa shape index (κ1) is 15.3. The molecule has 0 aliphatic carbocycles. The van der Waals surface area contributed by atoms with Gasteiger partial charge in [-0.25, -0.2) is 0 Å². The third-order valence-electron chi connectivity index (χ3n) is 2.96. The van der Waals surface area contributed by atoms with E-state index in [1.54, 1.807) is 35.0 Å². The van der Waals surface area contributed by atoms with Crippen molar-refractivity contribution in [1.29, 1.82) is 0 Å². The first-order chi connectivity index (χ1) is 10.0. The normalized spacial score (nSPS) is 10.4. The van der Waals surface area contributed by atoms with E-state index in [0.717, 1.165) is 10.9 Å². The second kappa shape index (κ2) is 6.58. The van der Waals surface area contributed by atoms with Crippen LogP contribution in [0.1, 0.15) is 23.7 Å². The molecule has 0 radical (unpaired) electrons. The van der Waals surface area contributed by atoms with Gasteiger partial charge in [0, 0.05) is 29.0 Å². The van der Waals surface area contributed by atoms with Crippen molar-refractivity contribution in [2.45, 2.75) is 19.9 Å². The van der Waals surface area contributed by atoms with Gasteiger partial charge < -0.3 is 15.6 Å². The molecular weight excluding hydrogens is 334 g/mol. The third kappa shape index (κ3) is 3.72. The van der Waals surface area contributed by atoms with Gasteiger partial charge in [-0.15, -0.1) is 0 Å². The van der Waals surface area contributed by atoms with E-state index in [0.29, 0.717) is 23.5 Å². The maximum atomic E-state index is 12.2. The summed E-state index contributed by atoms with van der Waals surface area (Å²) in [4.78, 5) is 23.8. The predicted molar refractivity (Wildman–Crippen MR) is 87.5 cm³/mol. The summed E-state index contributed by atoms with van der Waals surface area (Å²) < 4.78 is 2.38. The van der Waals surface area contributed by atoms with Crippen LogP contribution in [0.4, 0.5) is 11.4 Å². The molecule has 0 spiro atoms. The Kier molecular flexibility index (Phi) is 4.80. The number of carbonyl (C=O) groups excluding carboxylic acids is 1. The van der Waals surface area contributed by atoms with E-state index in [1.807, 2.05) is 6.92 Å². The standard InChI is InChI=1S/C15H16BrN3O2/c1-2-7-19-9-11(4-6-14(19)20)18-15(21)12-5-3-10(16)8-13(12)17/h3-6,8-9H,2,7,17H2,1H3,(H,18,21). The number of hydrogen-bond acceptors (Lipinski definition) is 3. The van der Waals surface area contributed by atoms with Gasteiger partial charge in [0.15, 0.2) is 0 Å². The first-order valence-corrected chi connectivity index (χ1v) is 7.37. The van der Waals surface area contributed by atoms with Crippen molar-refractivity contribution in [3.8, 4) is 0 Å². The van der Waals surface area contributed by atoms with Crippen molar-refractivity contribution in [2.75, 3.05) is 11.1 Å². The lowest BCUT2D eigenvalue weighted by Gasteiger charge is -2.10. The Bertz CT molecular complexity index is 725. The Morgan fingerprint density at radius 3 is 2.76 bits per heavy atom. The lowest BCUT2D eigenvalue weighted by Crippen LogP contribution is -2.20. The van der Waals surface area contributed by atoms with Gasteiger partial charge in [-0.3, -0.25) is 9.59 Å². The van der Waals surface area contributed by atoms with Crippen molar-refractivity contribution in [2.24, 2.45) is 0 Å². The summed E-state index contributed by atoms with van der Waals surface area (Å²) in [7, 11) is 0. The molecule has 0 saturated carbocycles. The van der Waals surface area contributed by atoms with Gasteiger partial charge >= 0.3 is 0 Å². The maximum Gasteiger partial charge on any atom is 0.257 e. The number of pyridine rings is 1. The fourth-order valence-corrected chi connectivity index (χ4v) is 2.34. The van der Waals surface area contributed by atoms with Crippen LogP contribution in [0.5, 0.6) is 0 Å². The minimum Gasteiger partial charge on any atom is -0.398 e. The Morgan fingerprint density at radius 1 is 1.33 bits per heavy atom. The van der Waals surface area contributed by atoms with Crippen LogP contribution in [0, 0.1) is 0 Å². The molecule has 0 unspecified atom stereocenters. The summed E-state index contributed by atoms with van der Waals surface area (Å²) in [5.41, 5.74) is 7.10. The number of anilines is 2. The van der Waals surface area contributed by atoms with Gasteiger partial charge in [-0.2, -0.15) is 0 Å². The Hall–Kier alpha value is -2.08. The molecule has 0 aliphatic heterocycles. The number of nitrogens with two attached hydrogens (primary N) is 1. The number of carbonyl (C=O) groups is 1. The van der Waals surface area contributed by atoms with E-state index < -0.39 is 0 Å². The second-order valence-electron chi connectivity index (χ2n) is 4.64. The molecule has 2 aromatic rings. The number of benzene rings is 1. The average Bonchev–Trinajstić information content (AvgIpc) is 2.42. The van der Waals surface area contributed by atoms with E-state index in [9.17, 15) is 9.59 Å². The number of aromatic nitrogens is 1. The van der Waals surface area contributed by atoms with Crippen LogP contribution < -0.4 is 16.6 Å². The van der Waals surface area contributed by atoms with E-state index in [-0.39, 0.29) is 11.5 Å². The van der Waals surface area contributed by atoms with E-state index in [2.05, 4.69) is 21.2 Å². The SMILES string of the molecule is CCCn1cc(NC(=O)c2ccc(Br)cc2N)ccc1=O. The number of nitrogens with zero attached hydrogens (tertiary/aromatic N) is 1. The fourth-order valence-electron chi connectivity index (χ4n) is 1.96. The Morgan fingerprint density at radius 2 is 2.10 bits per heavy atom. The molecule has 110 valence electrons. The zero-order valence-electron chi connectivity index (χ0n) is 11.6. The zero-order chi connectivity index (χ0) is 15.4. The molecule has 0 aliphatic rings. The highest BCUT2D eigenvalue weighted by Crippen LogP contribution is 2.19. The lowest BCUT2D eigenvalue weighted by molar-refractivity contribution is 0.102. The molecule has 0 saturated heterocycles. The maximum absolute atomic E-state index is 12.2. The average molecular weight is 350 g/mol.